The van der Waals surface area contributed by atoms with Crippen LogP contribution in [-0.2, 0) is 4.79 Å². The molecule has 1 rings (SSSR count). The quantitative estimate of drug-likeness (QED) is 0.735. The molecule has 0 aliphatic heterocycles. The van der Waals surface area contributed by atoms with Crippen LogP contribution in [0.4, 0.5) is 0 Å². The second-order valence-corrected chi connectivity index (χ2v) is 6.76. The SMILES string of the molecule is CCCC(C)(CN(C)CC1(N(C)C)CCC1)C(=O)O. The van der Waals surface area contributed by atoms with E-state index in [4.69, 9.17) is 0 Å². The van der Waals surface area contributed by atoms with Gasteiger partial charge in [0.25, 0.3) is 0 Å². The van der Waals surface area contributed by atoms with Crippen LogP contribution < -0.4 is 0 Å². The Labute approximate surface area is 117 Å². The van der Waals surface area contributed by atoms with Gasteiger partial charge in [-0.2, -0.15) is 0 Å². The molecule has 1 atom stereocenters. The van der Waals surface area contributed by atoms with Crippen LogP contribution in [0, 0.1) is 5.41 Å². The number of carboxylic acids is 1. The number of carboxylic acid groups (broad SMARTS) is 1. The molecular formula is C15H30N2O2. The molecule has 4 heteroatoms. The summed E-state index contributed by atoms with van der Waals surface area (Å²) in [7, 11) is 6.32. The molecule has 0 amide bonds. The standard InChI is InChI=1S/C15H30N2O2/c1-6-8-14(2,13(18)19)11-17(5)12-15(16(3)4)9-7-10-15/h6-12H2,1-5H3,(H,18,19). The fourth-order valence-electron chi connectivity index (χ4n) is 3.29. The van der Waals surface area contributed by atoms with E-state index in [1.807, 2.05) is 6.92 Å². The van der Waals surface area contributed by atoms with E-state index in [9.17, 15) is 9.90 Å². The first-order valence-corrected chi connectivity index (χ1v) is 7.35. The molecule has 19 heavy (non-hydrogen) atoms. The summed E-state index contributed by atoms with van der Waals surface area (Å²) in [6.07, 6.45) is 5.39. The van der Waals surface area contributed by atoms with E-state index < -0.39 is 11.4 Å². The average molecular weight is 270 g/mol. The number of aliphatic carboxylic acids is 1. The molecule has 112 valence electrons. The zero-order valence-corrected chi connectivity index (χ0v) is 13.2. The van der Waals surface area contributed by atoms with Gasteiger partial charge < -0.3 is 14.9 Å². The number of carbonyl (C=O) groups is 1. The van der Waals surface area contributed by atoms with Gasteiger partial charge >= 0.3 is 5.97 Å². The summed E-state index contributed by atoms with van der Waals surface area (Å²) in [6.45, 7) is 5.52. The molecule has 0 aromatic heterocycles. The third kappa shape index (κ3) is 3.69. The van der Waals surface area contributed by atoms with Crippen molar-refractivity contribution in [1.29, 1.82) is 0 Å². The van der Waals surface area contributed by atoms with Crippen LogP contribution in [0.25, 0.3) is 0 Å². The fourth-order valence-corrected chi connectivity index (χ4v) is 3.29. The van der Waals surface area contributed by atoms with Gasteiger partial charge in [0.2, 0.25) is 0 Å². The Kier molecular flexibility index (Phi) is 5.39. The van der Waals surface area contributed by atoms with Gasteiger partial charge in [-0.25, -0.2) is 0 Å². The van der Waals surface area contributed by atoms with Crippen molar-refractivity contribution in [3.63, 3.8) is 0 Å². The highest BCUT2D eigenvalue weighted by atomic mass is 16.4. The molecule has 0 heterocycles. The highest BCUT2D eigenvalue weighted by molar-refractivity contribution is 5.74. The first kappa shape index (κ1) is 16.4. The van der Waals surface area contributed by atoms with E-state index in [1.165, 1.54) is 19.3 Å². The molecule has 4 nitrogen and oxygen atoms in total. The Bertz CT molecular complexity index is 313. The van der Waals surface area contributed by atoms with Gasteiger partial charge in [0.05, 0.1) is 5.41 Å². The third-order valence-electron chi connectivity index (χ3n) is 4.73. The second kappa shape index (κ2) is 6.23. The Morgan fingerprint density at radius 1 is 1.32 bits per heavy atom. The van der Waals surface area contributed by atoms with Crippen LogP contribution in [0.2, 0.25) is 0 Å². The van der Waals surface area contributed by atoms with E-state index in [-0.39, 0.29) is 5.54 Å². The molecule has 1 saturated carbocycles. The predicted molar refractivity (Wildman–Crippen MR) is 78.4 cm³/mol. The molecule has 0 aromatic carbocycles. The van der Waals surface area contributed by atoms with Crippen LogP contribution in [0.15, 0.2) is 0 Å². The fraction of sp³-hybridized carbons (Fsp3) is 0.933. The summed E-state index contributed by atoms with van der Waals surface area (Å²) in [5, 5.41) is 9.45. The molecule has 0 saturated heterocycles. The zero-order valence-electron chi connectivity index (χ0n) is 13.2. The third-order valence-corrected chi connectivity index (χ3v) is 4.73. The average Bonchev–Trinajstić information content (AvgIpc) is 2.22. The number of nitrogens with zero attached hydrogens (tertiary/aromatic N) is 2. The van der Waals surface area contributed by atoms with Crippen molar-refractivity contribution in [2.45, 2.75) is 51.5 Å². The summed E-state index contributed by atoms with van der Waals surface area (Å²) in [5.41, 5.74) is -0.360. The smallest absolute Gasteiger partial charge is 0.310 e. The molecule has 0 bridgehead atoms. The monoisotopic (exact) mass is 270 g/mol. The van der Waals surface area contributed by atoms with Gasteiger partial charge in [-0.3, -0.25) is 4.79 Å². The summed E-state index contributed by atoms with van der Waals surface area (Å²) >= 11 is 0. The lowest BCUT2D eigenvalue weighted by Crippen LogP contribution is -2.57. The van der Waals surface area contributed by atoms with Gasteiger partial charge in [-0.1, -0.05) is 13.3 Å². The van der Waals surface area contributed by atoms with Crippen LogP contribution >= 0.6 is 0 Å². The van der Waals surface area contributed by atoms with E-state index in [1.54, 1.807) is 0 Å². The van der Waals surface area contributed by atoms with Crippen LogP contribution in [-0.4, -0.2) is 60.6 Å². The first-order chi connectivity index (χ1) is 8.76. The molecule has 1 aliphatic carbocycles. The van der Waals surface area contributed by atoms with Gasteiger partial charge in [0.15, 0.2) is 0 Å². The molecular weight excluding hydrogens is 240 g/mol. The van der Waals surface area contributed by atoms with Crippen LogP contribution in [0.3, 0.4) is 0 Å². The minimum Gasteiger partial charge on any atom is -0.481 e. The van der Waals surface area contributed by atoms with Crippen molar-refractivity contribution in [3.05, 3.63) is 0 Å². The normalized spacial score (nSPS) is 21.2. The molecule has 0 aromatic rings. The van der Waals surface area contributed by atoms with E-state index >= 15 is 0 Å². The molecule has 1 N–H and O–H groups in total. The van der Waals surface area contributed by atoms with Crippen molar-refractivity contribution < 1.29 is 9.90 Å². The molecule has 0 radical (unpaired) electrons. The van der Waals surface area contributed by atoms with Crippen molar-refractivity contribution in [2.75, 3.05) is 34.2 Å². The maximum Gasteiger partial charge on any atom is 0.310 e. The van der Waals surface area contributed by atoms with Crippen molar-refractivity contribution in [2.24, 2.45) is 5.41 Å². The van der Waals surface area contributed by atoms with E-state index in [0.717, 1.165) is 19.4 Å². The zero-order chi connectivity index (χ0) is 14.7. The highest BCUT2D eigenvalue weighted by Gasteiger charge is 2.41. The summed E-state index contributed by atoms with van der Waals surface area (Å²) in [4.78, 5) is 16.0. The summed E-state index contributed by atoms with van der Waals surface area (Å²) < 4.78 is 0. The van der Waals surface area contributed by atoms with Crippen LogP contribution in [0.1, 0.15) is 46.0 Å². The second-order valence-electron chi connectivity index (χ2n) is 6.76. The first-order valence-electron chi connectivity index (χ1n) is 7.35. The van der Waals surface area contributed by atoms with Crippen molar-refractivity contribution in [3.8, 4) is 0 Å². The lowest BCUT2D eigenvalue weighted by Gasteiger charge is -2.50. The van der Waals surface area contributed by atoms with Crippen molar-refractivity contribution in [1.82, 2.24) is 9.80 Å². The van der Waals surface area contributed by atoms with Gasteiger partial charge in [-0.15, -0.1) is 0 Å². The van der Waals surface area contributed by atoms with Gasteiger partial charge in [-0.05, 0) is 53.8 Å². The van der Waals surface area contributed by atoms with Gasteiger partial charge in [0, 0.05) is 18.6 Å². The number of likely N-dealkylation sites (N-methyl/N-ethyl adjacent to an activating group) is 2. The number of hydrogen-bond donors (Lipinski definition) is 1. The van der Waals surface area contributed by atoms with Crippen molar-refractivity contribution >= 4 is 5.97 Å². The minimum absolute atomic E-state index is 0.264. The Morgan fingerprint density at radius 2 is 1.89 bits per heavy atom. The summed E-state index contributed by atoms with van der Waals surface area (Å²) in [5.74, 6) is -0.672. The molecule has 1 unspecified atom stereocenters. The largest absolute Gasteiger partial charge is 0.481 e. The number of hydrogen-bond acceptors (Lipinski definition) is 3. The lowest BCUT2D eigenvalue weighted by molar-refractivity contribution is -0.149. The lowest BCUT2D eigenvalue weighted by atomic mass is 9.75. The molecule has 1 fully saturated rings. The highest BCUT2D eigenvalue weighted by Crippen LogP contribution is 2.37. The summed E-state index contributed by atoms with van der Waals surface area (Å²) in [6, 6.07) is 0. The number of rotatable bonds is 8. The minimum atomic E-state index is -0.672. The predicted octanol–water partition coefficient (Wildman–Crippen LogP) is 2.29. The molecule has 1 aliphatic rings. The maximum absolute atomic E-state index is 11.5. The van der Waals surface area contributed by atoms with E-state index in [2.05, 4.69) is 37.9 Å². The van der Waals surface area contributed by atoms with Gasteiger partial charge in [0.1, 0.15) is 0 Å². The maximum atomic E-state index is 11.5. The Morgan fingerprint density at radius 3 is 2.21 bits per heavy atom. The Balaban J connectivity index is 2.62. The Hall–Kier alpha value is -0.610. The topological polar surface area (TPSA) is 43.8 Å². The molecule has 0 spiro atoms. The van der Waals surface area contributed by atoms with E-state index in [0.29, 0.717) is 6.54 Å². The van der Waals surface area contributed by atoms with Crippen LogP contribution in [0.5, 0.6) is 0 Å².